The van der Waals surface area contributed by atoms with Crippen molar-refractivity contribution in [1.29, 1.82) is 0 Å². The number of rotatable bonds is 8. The van der Waals surface area contributed by atoms with Crippen LogP contribution in [0.25, 0.3) is 0 Å². The number of hydrogen-bond acceptors (Lipinski definition) is 4. The molecule has 1 heterocycles. The van der Waals surface area contributed by atoms with Crippen molar-refractivity contribution in [2.75, 3.05) is 26.8 Å². The number of amides is 1. The zero-order valence-corrected chi connectivity index (χ0v) is 15.8. The molecule has 6 nitrogen and oxygen atoms in total. The number of piperidine rings is 1. The number of carbonyl (C=O) groups is 1. The van der Waals surface area contributed by atoms with Crippen molar-refractivity contribution in [2.45, 2.75) is 50.0 Å². The molecule has 7 heteroatoms. The summed E-state index contributed by atoms with van der Waals surface area (Å²) in [7, 11) is -1.97. The van der Waals surface area contributed by atoms with Gasteiger partial charge in [0.1, 0.15) is 0 Å². The summed E-state index contributed by atoms with van der Waals surface area (Å²) in [5.41, 5.74) is 0.540. The third-order valence-corrected chi connectivity index (χ3v) is 6.07. The summed E-state index contributed by atoms with van der Waals surface area (Å²) in [5, 5.41) is 0. The van der Waals surface area contributed by atoms with Gasteiger partial charge in [-0.2, -0.15) is 0 Å². The van der Waals surface area contributed by atoms with Crippen LogP contribution < -0.4 is 4.72 Å². The molecule has 1 aromatic rings. The topological polar surface area (TPSA) is 75.7 Å². The van der Waals surface area contributed by atoms with E-state index in [1.807, 2.05) is 4.90 Å². The molecular formula is C18H28N2O4S. The second-order valence-corrected chi connectivity index (χ2v) is 8.09. The summed E-state index contributed by atoms with van der Waals surface area (Å²) in [5.74, 6) is -0.0106. The van der Waals surface area contributed by atoms with Gasteiger partial charge in [0.2, 0.25) is 10.0 Å². The van der Waals surface area contributed by atoms with Crippen molar-refractivity contribution in [2.24, 2.45) is 0 Å². The Balaban J connectivity index is 2.04. The second kappa shape index (κ2) is 9.31. The molecule has 0 spiro atoms. The van der Waals surface area contributed by atoms with E-state index in [9.17, 15) is 13.2 Å². The molecular weight excluding hydrogens is 340 g/mol. The Morgan fingerprint density at radius 3 is 2.64 bits per heavy atom. The summed E-state index contributed by atoms with van der Waals surface area (Å²) in [6, 6.07) is 6.49. The first-order valence-electron chi connectivity index (χ1n) is 8.89. The van der Waals surface area contributed by atoms with Gasteiger partial charge in [-0.15, -0.1) is 0 Å². The fraction of sp³-hybridized carbons (Fsp3) is 0.611. The van der Waals surface area contributed by atoms with Gasteiger partial charge in [0.15, 0.2) is 0 Å². The molecule has 1 fully saturated rings. The molecule has 1 N–H and O–H groups in total. The highest BCUT2D eigenvalue weighted by Gasteiger charge is 2.26. The van der Waals surface area contributed by atoms with Crippen LogP contribution in [0.2, 0.25) is 0 Å². The van der Waals surface area contributed by atoms with Crippen LogP contribution in [0.3, 0.4) is 0 Å². The van der Waals surface area contributed by atoms with Crippen LogP contribution >= 0.6 is 0 Å². The first-order valence-corrected chi connectivity index (χ1v) is 10.4. The smallest absolute Gasteiger partial charge is 0.254 e. The van der Waals surface area contributed by atoms with E-state index in [1.54, 1.807) is 19.2 Å². The zero-order valence-electron chi connectivity index (χ0n) is 15.0. The summed E-state index contributed by atoms with van der Waals surface area (Å²) >= 11 is 0. The standard InChI is InChI=1S/C18H28N2O4S/c1-3-16-7-4-5-13-20(16)18(21)15-8-10-17(11-9-15)25(22,23)19-12-6-14-24-2/h8-11,16,19H,3-7,12-14H2,1-2H3. The maximum atomic E-state index is 12.7. The maximum Gasteiger partial charge on any atom is 0.254 e. The Labute approximate surface area is 150 Å². The Bertz CT molecular complexity index is 658. The molecule has 1 amide bonds. The van der Waals surface area contributed by atoms with Crippen LogP contribution in [0.4, 0.5) is 0 Å². The van der Waals surface area contributed by atoms with E-state index in [1.165, 1.54) is 12.1 Å². The number of likely N-dealkylation sites (tertiary alicyclic amines) is 1. The van der Waals surface area contributed by atoms with Crippen LogP contribution in [-0.2, 0) is 14.8 Å². The van der Waals surface area contributed by atoms with Gasteiger partial charge in [0.25, 0.3) is 5.91 Å². The predicted molar refractivity (Wildman–Crippen MR) is 97.1 cm³/mol. The molecule has 1 aliphatic rings. The van der Waals surface area contributed by atoms with Gasteiger partial charge in [-0.1, -0.05) is 6.92 Å². The molecule has 1 unspecified atom stereocenters. The van der Waals surface area contributed by atoms with Gasteiger partial charge < -0.3 is 9.64 Å². The summed E-state index contributed by atoms with van der Waals surface area (Å²) in [6.07, 6.45) is 4.79. The largest absolute Gasteiger partial charge is 0.385 e. The number of benzene rings is 1. The third-order valence-electron chi connectivity index (χ3n) is 4.59. The minimum Gasteiger partial charge on any atom is -0.385 e. The number of ether oxygens (including phenoxy) is 1. The van der Waals surface area contributed by atoms with Crippen molar-refractivity contribution >= 4 is 15.9 Å². The van der Waals surface area contributed by atoms with E-state index in [0.717, 1.165) is 32.2 Å². The molecule has 1 aromatic carbocycles. The van der Waals surface area contributed by atoms with Crippen LogP contribution in [0.1, 0.15) is 49.4 Å². The fourth-order valence-electron chi connectivity index (χ4n) is 3.14. The minimum absolute atomic E-state index is 0.0106. The highest BCUT2D eigenvalue weighted by Crippen LogP contribution is 2.22. The van der Waals surface area contributed by atoms with E-state index < -0.39 is 10.0 Å². The van der Waals surface area contributed by atoms with Gasteiger partial charge in [0, 0.05) is 38.4 Å². The second-order valence-electron chi connectivity index (χ2n) is 6.32. The van der Waals surface area contributed by atoms with Crippen molar-refractivity contribution in [3.63, 3.8) is 0 Å². The first kappa shape index (κ1) is 19.9. The van der Waals surface area contributed by atoms with Gasteiger partial charge in [-0.3, -0.25) is 4.79 Å². The van der Waals surface area contributed by atoms with E-state index in [-0.39, 0.29) is 16.8 Å². The monoisotopic (exact) mass is 368 g/mol. The number of methoxy groups -OCH3 is 1. The molecule has 0 aromatic heterocycles. The van der Waals surface area contributed by atoms with Gasteiger partial charge in [-0.05, 0) is 56.4 Å². The van der Waals surface area contributed by atoms with E-state index >= 15 is 0 Å². The Morgan fingerprint density at radius 2 is 2.00 bits per heavy atom. The molecule has 0 radical (unpaired) electrons. The summed E-state index contributed by atoms with van der Waals surface area (Å²) in [4.78, 5) is 14.8. The first-order chi connectivity index (χ1) is 12.0. The lowest BCUT2D eigenvalue weighted by Crippen LogP contribution is -2.43. The molecule has 0 aliphatic carbocycles. The average Bonchev–Trinajstić information content (AvgIpc) is 2.64. The van der Waals surface area contributed by atoms with Gasteiger partial charge in [-0.25, -0.2) is 13.1 Å². The Kier molecular flexibility index (Phi) is 7.40. The number of nitrogens with one attached hydrogen (secondary N) is 1. The average molecular weight is 368 g/mol. The van der Waals surface area contributed by atoms with Crippen molar-refractivity contribution in [3.8, 4) is 0 Å². The van der Waals surface area contributed by atoms with E-state index in [0.29, 0.717) is 25.1 Å². The molecule has 1 saturated heterocycles. The van der Waals surface area contributed by atoms with Crippen molar-refractivity contribution in [1.82, 2.24) is 9.62 Å². The normalized spacial score (nSPS) is 18.3. The minimum atomic E-state index is -3.55. The quantitative estimate of drug-likeness (QED) is 0.715. The van der Waals surface area contributed by atoms with Crippen molar-refractivity contribution < 1.29 is 17.9 Å². The zero-order chi connectivity index (χ0) is 18.3. The lowest BCUT2D eigenvalue weighted by atomic mass is 9.99. The van der Waals surface area contributed by atoms with Crippen LogP contribution in [0.5, 0.6) is 0 Å². The highest BCUT2D eigenvalue weighted by molar-refractivity contribution is 7.89. The molecule has 1 atom stereocenters. The fourth-order valence-corrected chi connectivity index (χ4v) is 4.22. The van der Waals surface area contributed by atoms with Crippen molar-refractivity contribution in [3.05, 3.63) is 29.8 Å². The Morgan fingerprint density at radius 1 is 1.28 bits per heavy atom. The molecule has 2 rings (SSSR count). The summed E-state index contributed by atoms with van der Waals surface area (Å²) < 4.78 is 31.9. The van der Waals surface area contributed by atoms with E-state index in [4.69, 9.17) is 4.74 Å². The summed E-state index contributed by atoms with van der Waals surface area (Å²) in [6.45, 7) is 3.70. The third kappa shape index (κ3) is 5.26. The van der Waals surface area contributed by atoms with Crippen LogP contribution in [0, 0.1) is 0 Å². The molecule has 25 heavy (non-hydrogen) atoms. The molecule has 1 aliphatic heterocycles. The van der Waals surface area contributed by atoms with Crippen LogP contribution in [0.15, 0.2) is 29.2 Å². The number of hydrogen-bond donors (Lipinski definition) is 1. The lowest BCUT2D eigenvalue weighted by molar-refractivity contribution is 0.0608. The SMILES string of the molecule is CCC1CCCCN1C(=O)c1ccc(S(=O)(=O)NCCCOC)cc1. The molecule has 0 saturated carbocycles. The van der Waals surface area contributed by atoms with Gasteiger partial charge >= 0.3 is 0 Å². The number of sulfonamides is 1. The number of nitrogens with zero attached hydrogens (tertiary/aromatic N) is 1. The predicted octanol–water partition coefficient (Wildman–Crippen LogP) is 2.41. The Hall–Kier alpha value is -1.44. The molecule has 0 bridgehead atoms. The highest BCUT2D eigenvalue weighted by atomic mass is 32.2. The maximum absolute atomic E-state index is 12.7. The van der Waals surface area contributed by atoms with Gasteiger partial charge in [0.05, 0.1) is 4.90 Å². The van der Waals surface area contributed by atoms with Crippen LogP contribution in [-0.4, -0.2) is 52.1 Å². The lowest BCUT2D eigenvalue weighted by Gasteiger charge is -2.35. The van der Waals surface area contributed by atoms with E-state index in [2.05, 4.69) is 11.6 Å². The number of carbonyl (C=O) groups excluding carboxylic acids is 1. The molecule has 140 valence electrons.